The number of carbonyl (C=O) groups is 1. The fourth-order valence-electron chi connectivity index (χ4n) is 3.61. The number of halogens is 1. The number of amidine groups is 1. The second-order valence-corrected chi connectivity index (χ2v) is 9.50. The van der Waals surface area contributed by atoms with Gasteiger partial charge >= 0.3 is 0 Å². The molecular formula is C19H29ClN4O3S. The quantitative estimate of drug-likeness (QED) is 0.664. The second-order valence-electron chi connectivity index (χ2n) is 7.85. The maximum Gasteiger partial charge on any atom is 0.263 e. The maximum atomic E-state index is 12.9. The Bertz CT molecular complexity index is 833. The molecular weight excluding hydrogens is 400 g/mol. The number of benzene rings is 1. The van der Waals surface area contributed by atoms with Crippen LogP contribution in [0.15, 0.2) is 34.2 Å². The Hall–Kier alpha value is -1.64. The van der Waals surface area contributed by atoms with E-state index in [1.54, 1.807) is 24.3 Å². The van der Waals surface area contributed by atoms with E-state index in [4.69, 9.17) is 5.73 Å². The van der Waals surface area contributed by atoms with Crippen LogP contribution in [0.1, 0.15) is 51.5 Å². The summed E-state index contributed by atoms with van der Waals surface area (Å²) in [6.07, 6.45) is 4.09. The molecule has 1 aliphatic carbocycles. The van der Waals surface area contributed by atoms with E-state index in [-0.39, 0.29) is 47.0 Å². The number of nitrogens with one attached hydrogen (secondary N) is 2. The van der Waals surface area contributed by atoms with Crippen LogP contribution in [-0.4, -0.2) is 38.3 Å². The lowest BCUT2D eigenvalue weighted by molar-refractivity contribution is -0.123. The van der Waals surface area contributed by atoms with E-state index in [0.29, 0.717) is 12.0 Å². The monoisotopic (exact) mass is 428 g/mol. The predicted octanol–water partition coefficient (Wildman–Crippen LogP) is 1.95. The van der Waals surface area contributed by atoms with Crippen molar-refractivity contribution in [1.82, 2.24) is 10.0 Å². The molecule has 156 valence electrons. The van der Waals surface area contributed by atoms with Crippen molar-refractivity contribution in [3.63, 3.8) is 0 Å². The minimum atomic E-state index is -3.61. The molecule has 0 spiro atoms. The van der Waals surface area contributed by atoms with Gasteiger partial charge in [0.2, 0.25) is 5.91 Å². The zero-order valence-electron chi connectivity index (χ0n) is 16.2. The largest absolute Gasteiger partial charge is 0.352 e. The number of nitrogens with two attached hydrogens (primary N) is 1. The van der Waals surface area contributed by atoms with Crippen molar-refractivity contribution in [1.29, 1.82) is 0 Å². The van der Waals surface area contributed by atoms with Crippen LogP contribution in [0.3, 0.4) is 0 Å². The molecule has 1 amide bonds. The van der Waals surface area contributed by atoms with E-state index < -0.39 is 16.1 Å². The summed E-state index contributed by atoms with van der Waals surface area (Å²) in [6.45, 7) is 4.04. The standard InChI is InChI=1S/C19H28N4O3S.ClH/c1-12(2)11-16(19(24)21-14-9-7-13(20)8-10-14)22-18-15-5-3-4-6-17(15)27(25,26)23-18;/h3-6,12-14,16H,7-11,20H2,1-2H3,(H,21,24)(H,22,23);1H. The van der Waals surface area contributed by atoms with Gasteiger partial charge < -0.3 is 11.1 Å². The van der Waals surface area contributed by atoms with Crippen molar-refractivity contribution in [3.8, 4) is 0 Å². The van der Waals surface area contributed by atoms with E-state index >= 15 is 0 Å². The summed E-state index contributed by atoms with van der Waals surface area (Å²) < 4.78 is 27.0. The Kier molecular flexibility index (Phi) is 7.47. The minimum Gasteiger partial charge on any atom is -0.352 e. The van der Waals surface area contributed by atoms with Crippen molar-refractivity contribution < 1.29 is 13.2 Å². The first-order valence-electron chi connectivity index (χ1n) is 9.52. The molecule has 0 radical (unpaired) electrons. The minimum absolute atomic E-state index is 0. The molecule has 4 N–H and O–H groups in total. The van der Waals surface area contributed by atoms with Crippen molar-refractivity contribution in [2.45, 2.75) is 69.0 Å². The van der Waals surface area contributed by atoms with Crippen LogP contribution in [0.2, 0.25) is 0 Å². The Morgan fingerprint density at radius 3 is 2.54 bits per heavy atom. The molecule has 0 aromatic heterocycles. The fraction of sp³-hybridized carbons (Fsp3) is 0.579. The van der Waals surface area contributed by atoms with Gasteiger partial charge in [-0.05, 0) is 50.2 Å². The molecule has 1 aromatic carbocycles. The van der Waals surface area contributed by atoms with E-state index in [9.17, 15) is 13.2 Å². The Labute approximate surface area is 173 Å². The van der Waals surface area contributed by atoms with Crippen molar-refractivity contribution in [2.24, 2.45) is 16.6 Å². The molecule has 7 nitrogen and oxygen atoms in total. The Balaban J connectivity index is 0.00000280. The van der Waals surface area contributed by atoms with Crippen molar-refractivity contribution in [3.05, 3.63) is 29.8 Å². The number of hydrogen-bond acceptors (Lipinski definition) is 5. The summed E-state index contributed by atoms with van der Waals surface area (Å²) >= 11 is 0. The lowest BCUT2D eigenvalue weighted by Crippen LogP contribution is -2.45. The summed E-state index contributed by atoms with van der Waals surface area (Å²) in [6, 6.07) is 6.38. The van der Waals surface area contributed by atoms with Crippen LogP contribution in [0.4, 0.5) is 0 Å². The molecule has 28 heavy (non-hydrogen) atoms. The lowest BCUT2D eigenvalue weighted by Gasteiger charge is -2.28. The first-order chi connectivity index (χ1) is 12.8. The molecule has 1 unspecified atom stereocenters. The number of nitrogens with zero attached hydrogens (tertiary/aromatic N) is 1. The van der Waals surface area contributed by atoms with Crippen molar-refractivity contribution in [2.75, 3.05) is 0 Å². The fourth-order valence-corrected chi connectivity index (χ4v) is 4.85. The predicted molar refractivity (Wildman–Crippen MR) is 112 cm³/mol. The van der Waals surface area contributed by atoms with Gasteiger partial charge in [0.25, 0.3) is 10.0 Å². The van der Waals surface area contributed by atoms with E-state index in [1.807, 2.05) is 13.8 Å². The molecule has 1 aliphatic heterocycles. The van der Waals surface area contributed by atoms with Crippen LogP contribution in [0.5, 0.6) is 0 Å². The van der Waals surface area contributed by atoms with Gasteiger partial charge in [-0.2, -0.15) is 0 Å². The smallest absolute Gasteiger partial charge is 0.263 e. The number of rotatable bonds is 5. The third-order valence-corrected chi connectivity index (χ3v) is 6.46. The molecule has 1 aromatic rings. The highest BCUT2D eigenvalue weighted by Gasteiger charge is 2.32. The van der Waals surface area contributed by atoms with Crippen LogP contribution in [0.25, 0.3) is 0 Å². The molecule has 3 rings (SSSR count). The Morgan fingerprint density at radius 1 is 1.25 bits per heavy atom. The number of sulfonamides is 1. The van der Waals surface area contributed by atoms with Crippen LogP contribution >= 0.6 is 12.4 Å². The van der Waals surface area contributed by atoms with Gasteiger partial charge in [0, 0.05) is 17.6 Å². The number of hydrogen-bond donors (Lipinski definition) is 3. The van der Waals surface area contributed by atoms with Gasteiger partial charge in [0.1, 0.15) is 11.9 Å². The molecule has 9 heteroatoms. The summed E-state index contributed by atoms with van der Waals surface area (Å²) in [5.41, 5.74) is 6.45. The van der Waals surface area contributed by atoms with Crippen LogP contribution in [-0.2, 0) is 14.8 Å². The average Bonchev–Trinajstić information content (AvgIpc) is 2.87. The molecule has 1 atom stereocenters. The lowest BCUT2D eigenvalue weighted by atomic mass is 9.91. The summed E-state index contributed by atoms with van der Waals surface area (Å²) in [5, 5.41) is 3.08. The van der Waals surface area contributed by atoms with Gasteiger partial charge in [-0.3, -0.25) is 14.5 Å². The van der Waals surface area contributed by atoms with Gasteiger partial charge in [-0.1, -0.05) is 26.0 Å². The first kappa shape index (κ1) is 22.6. The molecule has 2 aliphatic rings. The van der Waals surface area contributed by atoms with Gasteiger partial charge in [-0.25, -0.2) is 8.42 Å². The zero-order valence-corrected chi connectivity index (χ0v) is 17.9. The number of aliphatic imine (C=N–C) groups is 1. The molecule has 0 saturated heterocycles. The average molecular weight is 429 g/mol. The van der Waals surface area contributed by atoms with E-state index in [1.165, 1.54) is 0 Å². The van der Waals surface area contributed by atoms with Crippen LogP contribution in [0, 0.1) is 5.92 Å². The number of carbonyl (C=O) groups excluding carboxylic acids is 1. The SMILES string of the molecule is CC(C)CC(N=C1NS(=O)(=O)c2ccccc21)C(=O)NC1CCC(N)CC1.Cl. The molecule has 0 bridgehead atoms. The summed E-state index contributed by atoms with van der Waals surface area (Å²) in [5.74, 6) is 0.343. The van der Waals surface area contributed by atoms with E-state index in [0.717, 1.165) is 25.7 Å². The van der Waals surface area contributed by atoms with Crippen LogP contribution < -0.4 is 15.8 Å². The maximum absolute atomic E-state index is 12.9. The normalized spacial score (nSPS) is 25.5. The summed E-state index contributed by atoms with van der Waals surface area (Å²) in [7, 11) is -3.61. The highest BCUT2D eigenvalue weighted by molar-refractivity contribution is 7.90. The van der Waals surface area contributed by atoms with Crippen molar-refractivity contribution >= 4 is 34.2 Å². The highest BCUT2D eigenvalue weighted by atomic mass is 35.5. The molecule has 1 heterocycles. The molecule has 1 saturated carbocycles. The third-order valence-electron chi connectivity index (χ3n) is 5.06. The summed E-state index contributed by atoms with van der Waals surface area (Å²) in [4.78, 5) is 17.6. The molecule has 1 fully saturated rings. The number of amides is 1. The second kappa shape index (κ2) is 9.24. The third kappa shape index (κ3) is 5.24. The van der Waals surface area contributed by atoms with E-state index in [2.05, 4.69) is 15.0 Å². The van der Waals surface area contributed by atoms with Gasteiger partial charge in [0.05, 0.1) is 4.90 Å². The Morgan fingerprint density at radius 2 is 1.89 bits per heavy atom. The number of fused-ring (bicyclic) bond motifs is 1. The topological polar surface area (TPSA) is 114 Å². The van der Waals surface area contributed by atoms with Gasteiger partial charge in [0.15, 0.2) is 0 Å². The highest BCUT2D eigenvalue weighted by Crippen LogP contribution is 2.24. The zero-order chi connectivity index (χ0) is 19.6. The first-order valence-corrected chi connectivity index (χ1v) is 11.0. The van der Waals surface area contributed by atoms with Gasteiger partial charge in [-0.15, -0.1) is 12.4 Å².